The van der Waals surface area contributed by atoms with Gasteiger partial charge >= 0.3 is 11.7 Å². The molecular formula is C9H7NO6S. The van der Waals surface area contributed by atoms with Crippen LogP contribution in [0.3, 0.4) is 0 Å². The minimum absolute atomic E-state index is 0.176. The van der Waals surface area contributed by atoms with Gasteiger partial charge in [-0.1, -0.05) is 0 Å². The Kier molecular flexibility index (Phi) is 2.50. The van der Waals surface area contributed by atoms with Crippen molar-refractivity contribution in [3.63, 3.8) is 0 Å². The van der Waals surface area contributed by atoms with Crippen LogP contribution in [0.4, 0.5) is 0 Å². The number of oxazole rings is 1. The first-order valence-electron chi connectivity index (χ1n) is 4.46. The largest absolute Gasteiger partial charge is 0.480 e. The van der Waals surface area contributed by atoms with Crippen molar-refractivity contribution in [2.75, 3.05) is 5.75 Å². The summed E-state index contributed by atoms with van der Waals surface area (Å²) in [6.45, 7) is 0. The summed E-state index contributed by atoms with van der Waals surface area (Å²) in [4.78, 5) is 23.4. The summed E-state index contributed by atoms with van der Waals surface area (Å²) in [6, 6.07) is 3.65. The van der Waals surface area contributed by atoms with Crippen molar-refractivity contribution >= 4 is 26.9 Å². The lowest BCUT2D eigenvalue weighted by Gasteiger charge is -2.00. The number of fused-ring (bicyclic) bond motifs is 1. The Morgan fingerprint density at radius 2 is 2.12 bits per heavy atom. The lowest BCUT2D eigenvalue weighted by Crippen LogP contribution is -2.15. The number of H-pyrrole nitrogens is 1. The van der Waals surface area contributed by atoms with Gasteiger partial charge in [0.2, 0.25) is 0 Å². The molecule has 0 saturated carbocycles. The molecule has 1 heterocycles. The molecule has 0 saturated heterocycles. The fraction of sp³-hybridized carbons (Fsp3) is 0.111. The van der Waals surface area contributed by atoms with Crippen LogP contribution in [0.2, 0.25) is 0 Å². The zero-order chi connectivity index (χ0) is 12.6. The van der Waals surface area contributed by atoms with Crippen LogP contribution in [-0.4, -0.2) is 30.2 Å². The third-order valence-electron chi connectivity index (χ3n) is 2.06. The number of aromatic amines is 1. The first kappa shape index (κ1) is 11.4. The zero-order valence-electron chi connectivity index (χ0n) is 8.34. The van der Waals surface area contributed by atoms with Gasteiger partial charge in [-0.25, -0.2) is 13.2 Å². The molecule has 0 radical (unpaired) electrons. The van der Waals surface area contributed by atoms with Crippen LogP contribution in [0, 0.1) is 0 Å². The number of hydrogen-bond acceptors (Lipinski definition) is 5. The second-order valence-corrected chi connectivity index (χ2v) is 5.31. The van der Waals surface area contributed by atoms with Crippen LogP contribution >= 0.6 is 0 Å². The maximum Gasteiger partial charge on any atom is 0.417 e. The standard InChI is InChI=1S/C9H7NO6S/c11-8(12)4-17(14,15)5-1-2-7-6(3-5)10-9(13)16-7/h1-3H,4H2,(H,10,13)(H,11,12). The van der Waals surface area contributed by atoms with E-state index in [0.717, 1.165) is 0 Å². The predicted molar refractivity (Wildman–Crippen MR) is 56.5 cm³/mol. The smallest absolute Gasteiger partial charge is 0.417 e. The first-order chi connectivity index (χ1) is 7.88. The molecule has 2 aromatic rings. The summed E-state index contributed by atoms with van der Waals surface area (Å²) in [6.07, 6.45) is 0. The molecule has 0 amide bonds. The average Bonchev–Trinajstić information content (AvgIpc) is 2.54. The second kappa shape index (κ2) is 3.74. The minimum atomic E-state index is -3.90. The number of hydrogen-bond donors (Lipinski definition) is 2. The van der Waals surface area contributed by atoms with Crippen LogP contribution in [0.1, 0.15) is 0 Å². The molecule has 0 bridgehead atoms. The van der Waals surface area contributed by atoms with Gasteiger partial charge in [0.15, 0.2) is 21.2 Å². The van der Waals surface area contributed by atoms with Crippen molar-refractivity contribution in [1.82, 2.24) is 4.98 Å². The molecule has 0 aliphatic heterocycles. The summed E-state index contributed by atoms with van der Waals surface area (Å²) < 4.78 is 27.9. The van der Waals surface area contributed by atoms with Gasteiger partial charge in [0, 0.05) is 0 Å². The molecule has 2 N–H and O–H groups in total. The number of carboxylic acids is 1. The molecule has 0 aliphatic rings. The summed E-state index contributed by atoms with van der Waals surface area (Å²) in [5.74, 6) is -3.14. The van der Waals surface area contributed by atoms with Crippen molar-refractivity contribution in [2.45, 2.75) is 4.90 Å². The van der Waals surface area contributed by atoms with E-state index in [2.05, 4.69) is 4.98 Å². The van der Waals surface area contributed by atoms with Crippen molar-refractivity contribution in [2.24, 2.45) is 0 Å². The van der Waals surface area contributed by atoms with Crippen LogP contribution in [0.5, 0.6) is 0 Å². The summed E-state index contributed by atoms with van der Waals surface area (Å²) in [7, 11) is -3.90. The number of nitrogens with one attached hydrogen (secondary N) is 1. The fourth-order valence-corrected chi connectivity index (χ4v) is 2.44. The highest BCUT2D eigenvalue weighted by molar-refractivity contribution is 7.92. The van der Waals surface area contributed by atoms with E-state index in [9.17, 15) is 18.0 Å². The van der Waals surface area contributed by atoms with E-state index in [-0.39, 0.29) is 16.0 Å². The Bertz CT molecular complexity index is 738. The highest BCUT2D eigenvalue weighted by Gasteiger charge is 2.19. The van der Waals surface area contributed by atoms with Gasteiger partial charge in [-0.05, 0) is 18.2 Å². The first-order valence-corrected chi connectivity index (χ1v) is 6.11. The SMILES string of the molecule is O=C(O)CS(=O)(=O)c1ccc2oc(=O)[nH]c2c1. The minimum Gasteiger partial charge on any atom is -0.480 e. The zero-order valence-corrected chi connectivity index (χ0v) is 9.15. The number of sulfone groups is 1. The Hall–Kier alpha value is -2.09. The number of aliphatic carboxylic acids is 1. The molecule has 7 nitrogen and oxygen atoms in total. The number of aromatic nitrogens is 1. The summed E-state index contributed by atoms with van der Waals surface area (Å²) in [5, 5.41) is 8.47. The van der Waals surface area contributed by atoms with E-state index in [0.29, 0.717) is 0 Å². The Morgan fingerprint density at radius 3 is 2.76 bits per heavy atom. The maximum absolute atomic E-state index is 11.6. The molecule has 0 fully saturated rings. The van der Waals surface area contributed by atoms with Gasteiger partial charge in [0.05, 0.1) is 10.4 Å². The lowest BCUT2D eigenvalue weighted by atomic mass is 10.3. The molecule has 0 aliphatic carbocycles. The van der Waals surface area contributed by atoms with E-state index in [1.165, 1.54) is 18.2 Å². The van der Waals surface area contributed by atoms with E-state index < -0.39 is 27.3 Å². The molecule has 1 aromatic heterocycles. The second-order valence-electron chi connectivity index (χ2n) is 3.33. The van der Waals surface area contributed by atoms with Gasteiger partial charge in [0.25, 0.3) is 0 Å². The monoisotopic (exact) mass is 257 g/mol. The quantitative estimate of drug-likeness (QED) is 0.797. The summed E-state index contributed by atoms with van der Waals surface area (Å²) in [5.41, 5.74) is 0.422. The molecule has 0 unspecified atom stereocenters. The summed E-state index contributed by atoms with van der Waals surface area (Å²) >= 11 is 0. The highest BCUT2D eigenvalue weighted by atomic mass is 32.2. The van der Waals surface area contributed by atoms with E-state index in [1.54, 1.807) is 0 Å². The number of carbonyl (C=O) groups is 1. The number of rotatable bonds is 3. The molecule has 17 heavy (non-hydrogen) atoms. The molecule has 90 valence electrons. The van der Waals surface area contributed by atoms with Crippen LogP contribution in [0.15, 0.2) is 32.3 Å². The maximum atomic E-state index is 11.6. The van der Waals surface area contributed by atoms with E-state index in [1.807, 2.05) is 0 Å². The van der Waals surface area contributed by atoms with Gasteiger partial charge in [-0.15, -0.1) is 0 Å². The van der Waals surface area contributed by atoms with Crippen LogP contribution in [0.25, 0.3) is 11.1 Å². The van der Waals surface area contributed by atoms with E-state index >= 15 is 0 Å². The lowest BCUT2D eigenvalue weighted by molar-refractivity contribution is -0.134. The van der Waals surface area contributed by atoms with Crippen molar-refractivity contribution in [3.05, 3.63) is 28.7 Å². The van der Waals surface area contributed by atoms with Crippen LogP contribution in [-0.2, 0) is 14.6 Å². The van der Waals surface area contributed by atoms with E-state index in [4.69, 9.17) is 9.52 Å². The highest BCUT2D eigenvalue weighted by Crippen LogP contribution is 2.17. The van der Waals surface area contributed by atoms with Gasteiger partial charge in [-0.2, -0.15) is 0 Å². The molecule has 0 atom stereocenters. The van der Waals surface area contributed by atoms with Gasteiger partial charge in [0.1, 0.15) is 0 Å². The average molecular weight is 257 g/mol. The molecular weight excluding hydrogens is 250 g/mol. The number of carboxylic acid groups (broad SMARTS) is 1. The molecule has 2 rings (SSSR count). The third-order valence-corrected chi connectivity index (χ3v) is 3.66. The Balaban J connectivity index is 2.56. The van der Waals surface area contributed by atoms with Crippen LogP contribution < -0.4 is 5.76 Å². The predicted octanol–water partition coefficient (Wildman–Crippen LogP) is -0.0206. The number of benzene rings is 1. The molecule has 0 spiro atoms. The third kappa shape index (κ3) is 2.21. The Labute approximate surface area is 94.6 Å². The fourth-order valence-electron chi connectivity index (χ4n) is 1.37. The molecule has 8 heteroatoms. The topological polar surface area (TPSA) is 117 Å². The van der Waals surface area contributed by atoms with Crippen molar-refractivity contribution in [3.8, 4) is 0 Å². The van der Waals surface area contributed by atoms with Gasteiger partial charge in [-0.3, -0.25) is 9.78 Å². The normalized spacial score (nSPS) is 11.8. The Morgan fingerprint density at radius 1 is 1.41 bits per heavy atom. The van der Waals surface area contributed by atoms with Crippen molar-refractivity contribution in [1.29, 1.82) is 0 Å². The van der Waals surface area contributed by atoms with Gasteiger partial charge < -0.3 is 9.52 Å². The van der Waals surface area contributed by atoms with Crippen molar-refractivity contribution < 1.29 is 22.7 Å². The molecule has 1 aromatic carbocycles.